The quantitative estimate of drug-likeness (QED) is 0.444. The number of halogens is 1. The van der Waals surface area contributed by atoms with Gasteiger partial charge in [-0.05, 0) is 46.4 Å². The van der Waals surface area contributed by atoms with Gasteiger partial charge in [-0.3, -0.25) is 4.79 Å². The number of anilines is 1. The highest BCUT2D eigenvalue weighted by Gasteiger charge is 2.30. The minimum absolute atomic E-state index is 0.0827. The standard InChI is InChI=1S/C27H25FN2O5/c1-15(2)24(25(31)29-23-13-16(28)11-12-21(23)26(32)33)30-27(34)35-14-22-19-9-5-3-7-17(19)18-8-4-6-10-20(18)22/h3-13,15,22,24H,14H2,1-2H3,(H,29,31)(H,30,34)(H,32,33)/t24-/m0/s1. The number of carbonyl (C=O) groups excluding carboxylic acids is 2. The van der Waals surface area contributed by atoms with Crippen LogP contribution in [0.3, 0.4) is 0 Å². The van der Waals surface area contributed by atoms with E-state index in [-0.39, 0.29) is 29.7 Å². The third-order valence-corrected chi connectivity index (χ3v) is 6.04. The van der Waals surface area contributed by atoms with Crippen molar-refractivity contribution in [2.75, 3.05) is 11.9 Å². The van der Waals surface area contributed by atoms with Gasteiger partial charge in [0.1, 0.15) is 18.5 Å². The lowest BCUT2D eigenvalue weighted by atomic mass is 9.98. The third kappa shape index (κ3) is 5.01. The molecule has 180 valence electrons. The maximum absolute atomic E-state index is 13.7. The van der Waals surface area contributed by atoms with E-state index in [4.69, 9.17) is 4.74 Å². The summed E-state index contributed by atoms with van der Waals surface area (Å²) in [5, 5.41) is 14.3. The summed E-state index contributed by atoms with van der Waals surface area (Å²) in [6.07, 6.45) is -0.779. The molecule has 0 aliphatic heterocycles. The van der Waals surface area contributed by atoms with Crippen LogP contribution in [0.4, 0.5) is 14.9 Å². The number of rotatable bonds is 7. The molecule has 0 radical (unpaired) electrons. The van der Waals surface area contributed by atoms with E-state index in [1.54, 1.807) is 13.8 Å². The highest BCUT2D eigenvalue weighted by atomic mass is 19.1. The molecule has 8 heteroatoms. The van der Waals surface area contributed by atoms with Crippen LogP contribution >= 0.6 is 0 Å². The zero-order chi connectivity index (χ0) is 25.1. The molecule has 2 amide bonds. The molecule has 0 unspecified atom stereocenters. The fourth-order valence-corrected chi connectivity index (χ4v) is 4.32. The van der Waals surface area contributed by atoms with Crippen molar-refractivity contribution in [3.63, 3.8) is 0 Å². The van der Waals surface area contributed by atoms with E-state index in [9.17, 15) is 23.9 Å². The summed E-state index contributed by atoms with van der Waals surface area (Å²) in [4.78, 5) is 36.9. The minimum atomic E-state index is -1.31. The van der Waals surface area contributed by atoms with Crippen molar-refractivity contribution in [1.29, 1.82) is 0 Å². The normalized spacial score (nSPS) is 13.0. The molecule has 3 N–H and O–H groups in total. The van der Waals surface area contributed by atoms with Crippen LogP contribution < -0.4 is 10.6 Å². The number of benzene rings is 3. The van der Waals surface area contributed by atoms with Gasteiger partial charge < -0.3 is 20.5 Å². The smallest absolute Gasteiger partial charge is 0.407 e. The summed E-state index contributed by atoms with van der Waals surface area (Å²) in [6.45, 7) is 3.52. The predicted molar refractivity (Wildman–Crippen MR) is 129 cm³/mol. The second-order valence-electron chi connectivity index (χ2n) is 8.68. The molecule has 0 saturated heterocycles. The Kier molecular flexibility index (Phi) is 6.82. The van der Waals surface area contributed by atoms with E-state index in [0.29, 0.717) is 0 Å². The van der Waals surface area contributed by atoms with E-state index in [2.05, 4.69) is 10.6 Å². The Hall–Kier alpha value is -4.20. The van der Waals surface area contributed by atoms with Crippen LogP contribution in [-0.4, -0.2) is 35.7 Å². The van der Waals surface area contributed by atoms with Gasteiger partial charge in [-0.25, -0.2) is 14.0 Å². The largest absolute Gasteiger partial charge is 0.478 e. The van der Waals surface area contributed by atoms with Crippen LogP contribution in [0, 0.1) is 11.7 Å². The van der Waals surface area contributed by atoms with Crippen LogP contribution in [-0.2, 0) is 9.53 Å². The number of nitrogens with one attached hydrogen (secondary N) is 2. The van der Waals surface area contributed by atoms with Gasteiger partial charge in [0.25, 0.3) is 0 Å². The summed E-state index contributed by atoms with van der Waals surface area (Å²) in [5.74, 6) is -3.18. The van der Waals surface area contributed by atoms with Gasteiger partial charge in [-0.2, -0.15) is 0 Å². The number of amides is 2. The number of aromatic carboxylic acids is 1. The van der Waals surface area contributed by atoms with E-state index in [1.807, 2.05) is 48.5 Å². The van der Waals surface area contributed by atoms with Crippen molar-refractivity contribution in [3.8, 4) is 11.1 Å². The third-order valence-electron chi connectivity index (χ3n) is 6.04. The van der Waals surface area contributed by atoms with Crippen molar-refractivity contribution < 1.29 is 28.6 Å². The maximum atomic E-state index is 13.7. The van der Waals surface area contributed by atoms with Crippen LogP contribution in [0.15, 0.2) is 66.7 Å². The minimum Gasteiger partial charge on any atom is -0.478 e. The maximum Gasteiger partial charge on any atom is 0.407 e. The number of carbonyl (C=O) groups is 3. The van der Waals surface area contributed by atoms with Crippen molar-refractivity contribution in [3.05, 3.63) is 89.2 Å². The van der Waals surface area contributed by atoms with E-state index < -0.39 is 29.8 Å². The number of ether oxygens (including phenoxy) is 1. The fraction of sp³-hybridized carbons (Fsp3) is 0.222. The highest BCUT2D eigenvalue weighted by molar-refractivity contribution is 6.03. The van der Waals surface area contributed by atoms with E-state index >= 15 is 0 Å². The Bertz CT molecular complexity index is 1240. The summed E-state index contributed by atoms with van der Waals surface area (Å²) < 4.78 is 19.2. The van der Waals surface area contributed by atoms with Gasteiger partial charge in [0.2, 0.25) is 5.91 Å². The molecule has 4 rings (SSSR count). The zero-order valence-electron chi connectivity index (χ0n) is 19.2. The Labute approximate surface area is 201 Å². The first kappa shape index (κ1) is 23.9. The Morgan fingerprint density at radius 2 is 1.57 bits per heavy atom. The summed E-state index contributed by atoms with van der Waals surface area (Å²) in [7, 11) is 0. The second-order valence-corrected chi connectivity index (χ2v) is 8.68. The number of fused-ring (bicyclic) bond motifs is 3. The number of hydrogen-bond donors (Lipinski definition) is 3. The van der Waals surface area contributed by atoms with E-state index in [1.165, 1.54) is 0 Å². The number of carboxylic acids is 1. The Morgan fingerprint density at radius 3 is 2.14 bits per heavy atom. The van der Waals surface area contributed by atoms with Crippen LogP contribution in [0.25, 0.3) is 11.1 Å². The Balaban J connectivity index is 1.45. The number of carboxylic acid groups (broad SMARTS) is 1. The SMILES string of the molecule is CC(C)[C@H](NC(=O)OCC1c2ccccc2-c2ccccc21)C(=O)Nc1cc(F)ccc1C(=O)O. The van der Waals surface area contributed by atoms with Gasteiger partial charge in [-0.15, -0.1) is 0 Å². The summed E-state index contributed by atoms with van der Waals surface area (Å²) in [5.41, 5.74) is 3.87. The lowest BCUT2D eigenvalue weighted by molar-refractivity contribution is -0.119. The molecule has 1 atom stereocenters. The molecular weight excluding hydrogens is 451 g/mol. The van der Waals surface area contributed by atoms with Crippen LogP contribution in [0.1, 0.15) is 41.3 Å². The molecule has 0 saturated carbocycles. The first-order valence-corrected chi connectivity index (χ1v) is 11.2. The summed E-state index contributed by atoms with van der Waals surface area (Å²) >= 11 is 0. The molecule has 3 aromatic carbocycles. The molecule has 35 heavy (non-hydrogen) atoms. The average Bonchev–Trinajstić information content (AvgIpc) is 3.14. The zero-order valence-corrected chi connectivity index (χ0v) is 19.2. The molecule has 1 aliphatic carbocycles. The highest BCUT2D eigenvalue weighted by Crippen LogP contribution is 2.44. The van der Waals surface area contributed by atoms with Gasteiger partial charge in [0.15, 0.2) is 0 Å². The van der Waals surface area contributed by atoms with Gasteiger partial charge in [-0.1, -0.05) is 62.4 Å². The molecule has 0 spiro atoms. The molecule has 0 fully saturated rings. The lowest BCUT2D eigenvalue weighted by Crippen LogP contribution is -2.47. The molecule has 0 heterocycles. The summed E-state index contributed by atoms with van der Waals surface area (Å²) in [6, 6.07) is 17.8. The van der Waals surface area contributed by atoms with Crippen molar-refractivity contribution in [1.82, 2.24) is 5.32 Å². The fourth-order valence-electron chi connectivity index (χ4n) is 4.32. The molecule has 7 nitrogen and oxygen atoms in total. The molecular formula is C27H25FN2O5. The number of hydrogen-bond acceptors (Lipinski definition) is 4. The van der Waals surface area contributed by atoms with Crippen LogP contribution in [0.2, 0.25) is 0 Å². The van der Waals surface area contributed by atoms with Crippen molar-refractivity contribution in [2.24, 2.45) is 5.92 Å². The molecule has 1 aliphatic rings. The van der Waals surface area contributed by atoms with Crippen LogP contribution in [0.5, 0.6) is 0 Å². The molecule has 3 aromatic rings. The first-order chi connectivity index (χ1) is 16.8. The van der Waals surface area contributed by atoms with Crippen molar-refractivity contribution >= 4 is 23.7 Å². The Morgan fingerprint density at radius 1 is 0.971 bits per heavy atom. The van der Waals surface area contributed by atoms with E-state index in [0.717, 1.165) is 40.5 Å². The first-order valence-electron chi connectivity index (χ1n) is 11.2. The lowest BCUT2D eigenvalue weighted by Gasteiger charge is -2.22. The second kappa shape index (κ2) is 9.97. The average molecular weight is 477 g/mol. The molecule has 0 aromatic heterocycles. The van der Waals surface area contributed by atoms with Gasteiger partial charge in [0, 0.05) is 5.92 Å². The topological polar surface area (TPSA) is 105 Å². The van der Waals surface area contributed by atoms with Gasteiger partial charge in [0.05, 0.1) is 11.3 Å². The molecule has 0 bridgehead atoms. The monoisotopic (exact) mass is 476 g/mol. The van der Waals surface area contributed by atoms with Gasteiger partial charge >= 0.3 is 12.1 Å². The predicted octanol–water partition coefficient (Wildman–Crippen LogP) is 5.03. The van der Waals surface area contributed by atoms with Crippen molar-refractivity contribution in [2.45, 2.75) is 25.8 Å². The number of alkyl carbamates (subject to hydrolysis) is 1.